The van der Waals surface area contributed by atoms with Crippen LogP contribution in [0.15, 0.2) is 32.9 Å². The van der Waals surface area contributed by atoms with Crippen LogP contribution in [0.2, 0.25) is 0 Å². The molecule has 1 fully saturated rings. The van der Waals surface area contributed by atoms with Crippen molar-refractivity contribution in [1.29, 1.82) is 0 Å². The summed E-state index contributed by atoms with van der Waals surface area (Å²) in [6, 6.07) is 0. The molecule has 0 bridgehead atoms. The number of carboxylic acid groups (broad SMARTS) is 1. The first-order valence-electron chi connectivity index (χ1n) is 7.82. The van der Waals surface area contributed by atoms with Crippen molar-refractivity contribution in [2.45, 2.75) is 27.2 Å². The largest absolute Gasteiger partial charge is 0.480 e. The van der Waals surface area contributed by atoms with Gasteiger partial charge in [-0.15, -0.1) is 0 Å². The minimum Gasteiger partial charge on any atom is -0.480 e. The number of carboxylic acids is 1. The van der Waals surface area contributed by atoms with Crippen LogP contribution in [0.25, 0.3) is 0 Å². The molecule has 26 heavy (non-hydrogen) atoms. The summed E-state index contributed by atoms with van der Waals surface area (Å²) in [5, 5.41) is 10.2. The Hall–Kier alpha value is -1.78. The van der Waals surface area contributed by atoms with E-state index in [1.54, 1.807) is 19.1 Å². The maximum atomic E-state index is 12.3. The second-order valence-corrected chi connectivity index (χ2v) is 7.90. The fourth-order valence-electron chi connectivity index (χ4n) is 2.22. The number of esters is 1. The number of hydrogen-bond acceptors (Lipinski definition) is 8. The number of nitrogens with zero attached hydrogens (tertiary/aromatic N) is 2. The maximum absolute atomic E-state index is 12.3. The van der Waals surface area contributed by atoms with Gasteiger partial charge in [-0.3, -0.25) is 19.3 Å². The highest BCUT2D eigenvalue weighted by Crippen LogP contribution is 2.42. The molecule has 7 nitrogen and oxygen atoms in total. The lowest BCUT2D eigenvalue weighted by molar-refractivity contribution is -0.140. The van der Waals surface area contributed by atoms with Gasteiger partial charge in [-0.1, -0.05) is 30.9 Å². The van der Waals surface area contributed by atoms with Gasteiger partial charge in [0.25, 0.3) is 5.91 Å². The van der Waals surface area contributed by atoms with E-state index in [0.29, 0.717) is 16.5 Å². The second kappa shape index (κ2) is 8.74. The molecule has 0 aromatic carbocycles. The highest BCUT2D eigenvalue weighted by atomic mass is 32.2. The van der Waals surface area contributed by atoms with Crippen LogP contribution in [0.5, 0.6) is 0 Å². The molecule has 140 valence electrons. The van der Waals surface area contributed by atoms with Gasteiger partial charge in [0, 0.05) is 13.0 Å². The summed E-state index contributed by atoms with van der Waals surface area (Å²) < 4.78 is 5.56. The summed E-state index contributed by atoms with van der Waals surface area (Å²) in [6.45, 7) is 5.78. The average molecular weight is 415 g/mol. The second-order valence-electron chi connectivity index (χ2n) is 5.24. The van der Waals surface area contributed by atoms with Crippen molar-refractivity contribution in [1.82, 2.24) is 9.80 Å². The molecule has 0 spiro atoms. The Balaban J connectivity index is 2.18. The molecule has 0 aliphatic carbocycles. The van der Waals surface area contributed by atoms with Crippen molar-refractivity contribution in [3.8, 4) is 0 Å². The van der Waals surface area contributed by atoms with E-state index in [-0.39, 0.29) is 16.7 Å². The van der Waals surface area contributed by atoms with Gasteiger partial charge in [0.1, 0.15) is 10.9 Å². The third-order valence-corrected chi connectivity index (χ3v) is 6.05. The van der Waals surface area contributed by atoms with Crippen molar-refractivity contribution in [2.24, 2.45) is 0 Å². The normalized spacial score (nSPS) is 20.7. The van der Waals surface area contributed by atoms with Crippen LogP contribution in [-0.2, 0) is 19.1 Å². The monoisotopic (exact) mass is 414 g/mol. The zero-order valence-corrected chi connectivity index (χ0v) is 16.9. The van der Waals surface area contributed by atoms with E-state index in [4.69, 9.17) is 22.1 Å². The molecule has 0 atom stereocenters. The van der Waals surface area contributed by atoms with Crippen molar-refractivity contribution in [3.05, 3.63) is 32.9 Å². The van der Waals surface area contributed by atoms with Gasteiger partial charge in [-0.25, -0.2) is 0 Å². The summed E-state index contributed by atoms with van der Waals surface area (Å²) in [5.74, 6) is -1.85. The minimum absolute atomic E-state index is 0.223. The number of ether oxygens (including phenoxy) is 1. The third kappa shape index (κ3) is 4.49. The zero-order valence-electron chi connectivity index (χ0n) is 14.5. The SMILES string of the molecule is CCC(=O)OC1=C(C)N(CC)C(=CC=C2SC(=S)N(CC(=O)O)C2=O)S1. The van der Waals surface area contributed by atoms with E-state index < -0.39 is 18.4 Å². The van der Waals surface area contributed by atoms with Gasteiger partial charge in [0.05, 0.1) is 15.6 Å². The standard InChI is InChI=1S/C16H18N2O5S3/c1-4-13(21)23-15-9(3)17(5-2)11(26-15)7-6-10-14(22)18(8-12(19)20)16(24)25-10/h6-7H,4-5,8H2,1-3H3,(H,19,20). The van der Waals surface area contributed by atoms with Crippen LogP contribution in [-0.4, -0.2) is 50.2 Å². The molecule has 0 aromatic heterocycles. The van der Waals surface area contributed by atoms with Crippen LogP contribution in [0.1, 0.15) is 27.2 Å². The Morgan fingerprint density at radius 3 is 2.50 bits per heavy atom. The molecule has 2 heterocycles. The molecule has 0 radical (unpaired) electrons. The van der Waals surface area contributed by atoms with E-state index in [1.165, 1.54) is 11.8 Å². The summed E-state index contributed by atoms with van der Waals surface area (Å²) in [7, 11) is 0. The number of carbonyl (C=O) groups is 3. The Kier molecular flexibility index (Phi) is 6.90. The van der Waals surface area contributed by atoms with Crippen LogP contribution in [0, 0.1) is 0 Å². The van der Waals surface area contributed by atoms with E-state index >= 15 is 0 Å². The third-order valence-electron chi connectivity index (χ3n) is 3.52. The molecule has 2 aliphatic rings. The molecule has 0 saturated carbocycles. The topological polar surface area (TPSA) is 87.2 Å². The quantitative estimate of drug-likeness (QED) is 0.400. The Labute approximate surface area is 165 Å². The molecule has 2 aliphatic heterocycles. The van der Waals surface area contributed by atoms with Crippen molar-refractivity contribution in [2.75, 3.05) is 13.1 Å². The molecule has 0 unspecified atom stereocenters. The van der Waals surface area contributed by atoms with E-state index in [2.05, 4.69) is 0 Å². The Bertz CT molecular complexity index is 757. The minimum atomic E-state index is -1.12. The first-order valence-corrected chi connectivity index (χ1v) is 9.86. The number of aliphatic carboxylic acids is 1. The van der Waals surface area contributed by atoms with Crippen LogP contribution in [0.3, 0.4) is 0 Å². The summed E-state index contributed by atoms with van der Waals surface area (Å²) >= 11 is 7.44. The number of allylic oxidation sites excluding steroid dienone is 3. The molecule has 0 aromatic rings. The fourth-order valence-corrected chi connectivity index (χ4v) is 4.51. The van der Waals surface area contributed by atoms with E-state index in [1.807, 2.05) is 18.7 Å². The van der Waals surface area contributed by atoms with Crippen molar-refractivity contribution < 1.29 is 24.2 Å². The number of thioether (sulfide) groups is 2. The van der Waals surface area contributed by atoms with Gasteiger partial charge in [-0.05, 0) is 37.8 Å². The highest BCUT2D eigenvalue weighted by molar-refractivity contribution is 8.26. The number of carbonyl (C=O) groups excluding carboxylic acids is 2. The van der Waals surface area contributed by atoms with Gasteiger partial charge in [0.2, 0.25) is 0 Å². The van der Waals surface area contributed by atoms with Crippen molar-refractivity contribution in [3.63, 3.8) is 0 Å². The Morgan fingerprint density at radius 2 is 1.92 bits per heavy atom. The molecular formula is C16H18N2O5S3. The van der Waals surface area contributed by atoms with Crippen molar-refractivity contribution >= 4 is 57.9 Å². The molecule has 1 amide bonds. The predicted octanol–water partition coefficient (Wildman–Crippen LogP) is 2.87. The molecular weight excluding hydrogens is 396 g/mol. The lowest BCUT2D eigenvalue weighted by Gasteiger charge is -2.17. The van der Waals surface area contributed by atoms with Gasteiger partial charge in [-0.2, -0.15) is 0 Å². The molecule has 10 heteroatoms. The van der Waals surface area contributed by atoms with E-state index in [0.717, 1.165) is 27.4 Å². The first-order chi connectivity index (χ1) is 12.3. The summed E-state index contributed by atoms with van der Waals surface area (Å²) in [5.41, 5.74) is 0.831. The molecule has 1 saturated heterocycles. The average Bonchev–Trinajstić information content (AvgIpc) is 3.03. The number of hydrogen-bond donors (Lipinski definition) is 1. The Morgan fingerprint density at radius 1 is 1.23 bits per heavy atom. The fraction of sp³-hybridized carbons (Fsp3) is 0.375. The van der Waals surface area contributed by atoms with Gasteiger partial charge >= 0.3 is 11.9 Å². The van der Waals surface area contributed by atoms with Crippen LogP contribution in [0.4, 0.5) is 0 Å². The van der Waals surface area contributed by atoms with Gasteiger partial charge < -0.3 is 14.7 Å². The maximum Gasteiger partial charge on any atom is 0.323 e. The lowest BCUT2D eigenvalue weighted by Crippen LogP contribution is -2.33. The van der Waals surface area contributed by atoms with E-state index in [9.17, 15) is 14.4 Å². The zero-order chi connectivity index (χ0) is 19.4. The van der Waals surface area contributed by atoms with Gasteiger partial charge in [0.15, 0.2) is 5.09 Å². The lowest BCUT2D eigenvalue weighted by atomic mass is 10.4. The van der Waals surface area contributed by atoms with Crippen LogP contribution < -0.4 is 0 Å². The summed E-state index contributed by atoms with van der Waals surface area (Å²) in [6.07, 6.45) is 3.65. The molecule has 1 N–H and O–H groups in total. The van der Waals surface area contributed by atoms with Crippen LogP contribution >= 0.6 is 35.7 Å². The summed E-state index contributed by atoms with van der Waals surface area (Å²) in [4.78, 5) is 38.1. The number of rotatable bonds is 6. The first kappa shape index (κ1) is 20.5. The number of thiocarbonyl (C=S) groups is 1. The smallest absolute Gasteiger partial charge is 0.323 e. The highest BCUT2D eigenvalue weighted by Gasteiger charge is 2.33. The molecule has 2 rings (SSSR count). The predicted molar refractivity (Wildman–Crippen MR) is 105 cm³/mol. The number of amides is 1.